The van der Waals surface area contributed by atoms with E-state index in [-0.39, 0.29) is 18.0 Å². The van der Waals surface area contributed by atoms with Gasteiger partial charge in [-0.15, -0.1) is 0 Å². The molecular formula is C31H32N2O5S. The van der Waals surface area contributed by atoms with Crippen molar-refractivity contribution in [1.82, 2.24) is 4.31 Å². The van der Waals surface area contributed by atoms with Gasteiger partial charge < -0.3 is 14.8 Å². The van der Waals surface area contributed by atoms with Crippen molar-refractivity contribution in [2.24, 2.45) is 0 Å². The summed E-state index contributed by atoms with van der Waals surface area (Å²) in [4.78, 5) is 13.1. The maximum absolute atomic E-state index is 13.6. The van der Waals surface area contributed by atoms with Crippen molar-refractivity contribution < 1.29 is 22.7 Å². The van der Waals surface area contributed by atoms with Gasteiger partial charge in [-0.3, -0.25) is 4.79 Å². The molecule has 4 rings (SSSR count). The van der Waals surface area contributed by atoms with Gasteiger partial charge in [0.1, 0.15) is 18.1 Å². The number of benzene rings is 4. The van der Waals surface area contributed by atoms with Crippen LogP contribution in [0.25, 0.3) is 0 Å². The molecule has 0 aromatic heterocycles. The fourth-order valence-electron chi connectivity index (χ4n) is 4.08. The van der Waals surface area contributed by atoms with Crippen LogP contribution in [0.15, 0.2) is 108 Å². The predicted molar refractivity (Wildman–Crippen MR) is 152 cm³/mol. The standard InChI is InChI=1S/C31H32N2O5S/c1-24-21-29(17-18-30(24)37-2)39(35,36)33(20-19-25-9-5-3-6-10-25)22-31(34)32-27-13-15-28(16-14-27)38-23-26-11-7-4-8-12-26/h3-18,21H,19-20,22-23H2,1-2H3,(H,32,34). The van der Waals surface area contributed by atoms with Crippen LogP contribution in [0.4, 0.5) is 5.69 Å². The van der Waals surface area contributed by atoms with E-state index in [1.165, 1.54) is 17.5 Å². The van der Waals surface area contributed by atoms with Gasteiger partial charge in [0.05, 0.1) is 18.6 Å². The van der Waals surface area contributed by atoms with Crippen molar-refractivity contribution in [2.45, 2.75) is 24.8 Å². The molecule has 0 saturated carbocycles. The highest BCUT2D eigenvalue weighted by atomic mass is 32.2. The minimum atomic E-state index is -3.95. The molecule has 0 fully saturated rings. The first kappa shape index (κ1) is 27.9. The van der Waals surface area contributed by atoms with E-state index >= 15 is 0 Å². The molecule has 0 aliphatic heterocycles. The van der Waals surface area contributed by atoms with Crippen LogP contribution >= 0.6 is 0 Å². The SMILES string of the molecule is COc1ccc(S(=O)(=O)N(CCc2ccccc2)CC(=O)Nc2ccc(OCc3ccccc3)cc2)cc1C. The molecule has 1 N–H and O–H groups in total. The lowest BCUT2D eigenvalue weighted by Gasteiger charge is -2.22. The van der Waals surface area contributed by atoms with E-state index in [4.69, 9.17) is 9.47 Å². The number of amides is 1. The number of aryl methyl sites for hydroxylation is 1. The van der Waals surface area contributed by atoms with Gasteiger partial charge in [0.2, 0.25) is 15.9 Å². The van der Waals surface area contributed by atoms with Crippen molar-refractivity contribution in [3.05, 3.63) is 120 Å². The number of hydrogen-bond donors (Lipinski definition) is 1. The van der Waals surface area contributed by atoms with Gasteiger partial charge in [-0.2, -0.15) is 4.31 Å². The molecule has 8 heteroatoms. The lowest BCUT2D eigenvalue weighted by Crippen LogP contribution is -2.39. The first-order valence-corrected chi connectivity index (χ1v) is 14.0. The van der Waals surface area contributed by atoms with E-state index in [1.807, 2.05) is 60.7 Å². The number of rotatable bonds is 12. The molecule has 0 atom stereocenters. The maximum Gasteiger partial charge on any atom is 0.243 e. The summed E-state index contributed by atoms with van der Waals surface area (Å²) in [5.74, 6) is 0.826. The molecule has 7 nitrogen and oxygen atoms in total. The van der Waals surface area contributed by atoms with Crippen LogP contribution in [-0.2, 0) is 27.8 Å². The molecule has 4 aromatic carbocycles. The quantitative estimate of drug-likeness (QED) is 0.256. The molecule has 0 unspecified atom stereocenters. The van der Waals surface area contributed by atoms with Crippen LogP contribution in [-0.4, -0.2) is 38.8 Å². The number of nitrogens with zero attached hydrogens (tertiary/aromatic N) is 1. The summed E-state index contributed by atoms with van der Waals surface area (Å²) in [5, 5.41) is 2.80. The number of ether oxygens (including phenoxy) is 2. The minimum absolute atomic E-state index is 0.113. The van der Waals surface area contributed by atoms with Crippen LogP contribution < -0.4 is 14.8 Å². The van der Waals surface area contributed by atoms with Crippen LogP contribution in [0.1, 0.15) is 16.7 Å². The molecule has 0 radical (unpaired) electrons. The fraction of sp³-hybridized carbons (Fsp3) is 0.194. The van der Waals surface area contributed by atoms with Crippen molar-refractivity contribution >= 4 is 21.6 Å². The van der Waals surface area contributed by atoms with E-state index in [1.54, 1.807) is 43.3 Å². The van der Waals surface area contributed by atoms with E-state index in [0.717, 1.165) is 11.1 Å². The molecule has 0 aliphatic carbocycles. The van der Waals surface area contributed by atoms with Gasteiger partial charge in [-0.05, 0) is 72.5 Å². The van der Waals surface area contributed by atoms with Gasteiger partial charge in [-0.25, -0.2) is 8.42 Å². The highest BCUT2D eigenvalue weighted by Gasteiger charge is 2.27. The van der Waals surface area contributed by atoms with E-state index in [9.17, 15) is 13.2 Å². The highest BCUT2D eigenvalue weighted by molar-refractivity contribution is 7.89. The summed E-state index contributed by atoms with van der Waals surface area (Å²) in [6, 6.07) is 31.1. The number of methoxy groups -OCH3 is 1. The Labute approximate surface area is 230 Å². The second-order valence-corrected chi connectivity index (χ2v) is 11.0. The third-order valence-corrected chi connectivity index (χ3v) is 8.04. The molecule has 0 aliphatic rings. The monoisotopic (exact) mass is 544 g/mol. The topological polar surface area (TPSA) is 84.9 Å². The van der Waals surface area contributed by atoms with Gasteiger partial charge >= 0.3 is 0 Å². The Hall–Kier alpha value is -4.14. The molecule has 0 spiro atoms. The van der Waals surface area contributed by atoms with Crippen LogP contribution in [0.3, 0.4) is 0 Å². The van der Waals surface area contributed by atoms with Crippen molar-refractivity contribution in [3.63, 3.8) is 0 Å². The van der Waals surface area contributed by atoms with Gasteiger partial charge in [-0.1, -0.05) is 60.7 Å². The van der Waals surface area contributed by atoms with Crippen LogP contribution in [0, 0.1) is 6.92 Å². The number of hydrogen-bond acceptors (Lipinski definition) is 5. The largest absolute Gasteiger partial charge is 0.496 e. The van der Waals surface area contributed by atoms with Crippen LogP contribution in [0.2, 0.25) is 0 Å². The summed E-state index contributed by atoms with van der Waals surface area (Å²) in [6.45, 7) is 2.04. The number of carbonyl (C=O) groups excluding carboxylic acids is 1. The minimum Gasteiger partial charge on any atom is -0.496 e. The van der Waals surface area contributed by atoms with Gasteiger partial charge in [0.15, 0.2) is 0 Å². The van der Waals surface area contributed by atoms with Crippen LogP contribution in [0.5, 0.6) is 11.5 Å². The number of sulfonamides is 1. The Kier molecular flexibility index (Phi) is 9.35. The number of anilines is 1. The Morgan fingerprint density at radius 2 is 1.49 bits per heavy atom. The molecule has 0 saturated heterocycles. The van der Waals surface area contributed by atoms with Crippen molar-refractivity contribution in [1.29, 1.82) is 0 Å². The molecule has 1 amide bonds. The first-order chi connectivity index (χ1) is 18.8. The van der Waals surface area contributed by atoms with Gasteiger partial charge in [0.25, 0.3) is 0 Å². The Bertz CT molecular complexity index is 1470. The normalized spacial score (nSPS) is 11.3. The van der Waals surface area contributed by atoms with Gasteiger partial charge in [0, 0.05) is 12.2 Å². The third kappa shape index (κ3) is 7.69. The highest BCUT2D eigenvalue weighted by Crippen LogP contribution is 2.24. The molecule has 0 bridgehead atoms. The third-order valence-electron chi connectivity index (χ3n) is 6.20. The fourth-order valence-corrected chi connectivity index (χ4v) is 5.56. The second-order valence-electron chi connectivity index (χ2n) is 9.05. The second kappa shape index (κ2) is 13.1. The average Bonchev–Trinajstić information content (AvgIpc) is 2.96. The molecule has 39 heavy (non-hydrogen) atoms. The molecular weight excluding hydrogens is 512 g/mol. The maximum atomic E-state index is 13.6. The first-order valence-electron chi connectivity index (χ1n) is 12.6. The zero-order chi connectivity index (χ0) is 27.7. The molecule has 202 valence electrons. The van der Waals surface area contributed by atoms with Crippen molar-refractivity contribution in [3.8, 4) is 11.5 Å². The Morgan fingerprint density at radius 1 is 0.846 bits per heavy atom. The predicted octanol–water partition coefficient (Wildman–Crippen LogP) is 5.45. The average molecular weight is 545 g/mol. The van der Waals surface area contributed by atoms with E-state index in [0.29, 0.717) is 35.8 Å². The lowest BCUT2D eigenvalue weighted by molar-refractivity contribution is -0.116. The molecule has 0 heterocycles. The zero-order valence-corrected chi connectivity index (χ0v) is 22.9. The Morgan fingerprint density at radius 3 is 2.10 bits per heavy atom. The summed E-state index contributed by atoms with van der Waals surface area (Å²) in [7, 11) is -2.41. The molecule has 4 aromatic rings. The summed E-state index contributed by atoms with van der Waals surface area (Å²) in [5.41, 5.74) is 3.28. The lowest BCUT2D eigenvalue weighted by atomic mass is 10.1. The summed E-state index contributed by atoms with van der Waals surface area (Å²) >= 11 is 0. The summed E-state index contributed by atoms with van der Waals surface area (Å²) in [6.07, 6.45) is 0.468. The van der Waals surface area contributed by atoms with E-state index in [2.05, 4.69) is 5.32 Å². The smallest absolute Gasteiger partial charge is 0.243 e. The Balaban J connectivity index is 1.45. The number of carbonyl (C=O) groups is 1. The van der Waals surface area contributed by atoms with E-state index < -0.39 is 15.9 Å². The summed E-state index contributed by atoms with van der Waals surface area (Å²) < 4.78 is 39.5. The zero-order valence-electron chi connectivity index (χ0n) is 22.0. The van der Waals surface area contributed by atoms with Crippen molar-refractivity contribution in [2.75, 3.05) is 25.5 Å². The number of nitrogens with one attached hydrogen (secondary N) is 1.